The summed E-state index contributed by atoms with van der Waals surface area (Å²) in [5.74, 6) is 1.26. The molecule has 0 saturated carbocycles. The second kappa shape index (κ2) is 6.65. The Morgan fingerprint density at radius 3 is 2.52 bits per heavy atom. The second-order valence-electron chi connectivity index (χ2n) is 6.49. The molecule has 1 fully saturated rings. The molecular formula is C19H25NO3. The molecule has 0 radical (unpaired) electrons. The number of ether oxygens (including phenoxy) is 2. The summed E-state index contributed by atoms with van der Waals surface area (Å²) in [4.78, 5) is 15.1. The van der Waals surface area contributed by atoms with Gasteiger partial charge in [-0.1, -0.05) is 30.3 Å². The molecule has 23 heavy (non-hydrogen) atoms. The molecule has 3 rings (SSSR count). The van der Waals surface area contributed by atoms with Crippen LogP contribution in [0.2, 0.25) is 0 Å². The SMILES string of the molecule is COC1=C(OC(C)C)C(c2ccccc2)C(=O)N2CCCCC12. The van der Waals surface area contributed by atoms with Gasteiger partial charge in [-0.2, -0.15) is 0 Å². The van der Waals surface area contributed by atoms with Crippen molar-refractivity contribution in [2.45, 2.75) is 51.2 Å². The van der Waals surface area contributed by atoms with Crippen molar-refractivity contribution >= 4 is 5.91 Å². The highest BCUT2D eigenvalue weighted by Gasteiger charge is 2.45. The number of fused-ring (bicyclic) bond motifs is 1. The number of amides is 1. The monoisotopic (exact) mass is 315 g/mol. The van der Waals surface area contributed by atoms with Gasteiger partial charge in [0.2, 0.25) is 5.91 Å². The van der Waals surface area contributed by atoms with Crippen molar-refractivity contribution < 1.29 is 14.3 Å². The first-order valence-corrected chi connectivity index (χ1v) is 8.43. The number of piperidine rings is 1. The average Bonchev–Trinajstić information content (AvgIpc) is 2.56. The van der Waals surface area contributed by atoms with E-state index in [9.17, 15) is 4.79 Å². The van der Waals surface area contributed by atoms with Gasteiger partial charge in [-0.25, -0.2) is 0 Å². The van der Waals surface area contributed by atoms with E-state index in [-0.39, 0.29) is 18.1 Å². The fourth-order valence-corrected chi connectivity index (χ4v) is 3.61. The molecule has 0 N–H and O–H groups in total. The first-order valence-electron chi connectivity index (χ1n) is 8.43. The second-order valence-corrected chi connectivity index (χ2v) is 6.49. The molecule has 124 valence electrons. The van der Waals surface area contributed by atoms with Gasteiger partial charge in [0.25, 0.3) is 0 Å². The molecule has 2 aliphatic rings. The molecule has 0 spiro atoms. The van der Waals surface area contributed by atoms with Gasteiger partial charge < -0.3 is 14.4 Å². The molecule has 0 bridgehead atoms. The number of benzene rings is 1. The number of hydrogen-bond acceptors (Lipinski definition) is 3. The summed E-state index contributed by atoms with van der Waals surface area (Å²) in [5, 5.41) is 0. The van der Waals surface area contributed by atoms with Gasteiger partial charge >= 0.3 is 0 Å². The highest BCUT2D eigenvalue weighted by atomic mass is 16.5. The Morgan fingerprint density at radius 1 is 1.13 bits per heavy atom. The van der Waals surface area contributed by atoms with Crippen LogP contribution in [0, 0.1) is 0 Å². The van der Waals surface area contributed by atoms with Gasteiger partial charge in [0, 0.05) is 6.54 Å². The van der Waals surface area contributed by atoms with E-state index in [1.807, 2.05) is 49.1 Å². The topological polar surface area (TPSA) is 38.8 Å². The minimum absolute atomic E-state index is 0.00398. The number of rotatable bonds is 4. The summed E-state index contributed by atoms with van der Waals surface area (Å²) in [7, 11) is 1.68. The zero-order valence-corrected chi connectivity index (χ0v) is 14.1. The minimum Gasteiger partial charge on any atom is -0.495 e. The number of carbonyl (C=O) groups is 1. The smallest absolute Gasteiger partial charge is 0.238 e. The van der Waals surface area contributed by atoms with Crippen molar-refractivity contribution in [2.24, 2.45) is 0 Å². The lowest BCUT2D eigenvalue weighted by Gasteiger charge is -2.43. The molecular weight excluding hydrogens is 290 g/mol. The highest BCUT2D eigenvalue weighted by molar-refractivity contribution is 5.88. The van der Waals surface area contributed by atoms with Crippen LogP contribution in [0.1, 0.15) is 44.6 Å². The van der Waals surface area contributed by atoms with Gasteiger partial charge in [-0.3, -0.25) is 4.79 Å². The molecule has 0 aliphatic carbocycles. The standard InChI is InChI=1S/C19H25NO3/c1-13(2)23-18-16(14-9-5-4-6-10-14)19(21)20-12-8-7-11-15(20)17(18)22-3/h4-6,9-10,13,15-16H,7-8,11-12H2,1-3H3. The molecule has 4 nitrogen and oxygen atoms in total. The predicted molar refractivity (Wildman–Crippen MR) is 88.8 cm³/mol. The van der Waals surface area contributed by atoms with Gasteiger partial charge in [0.15, 0.2) is 11.5 Å². The maximum absolute atomic E-state index is 13.2. The van der Waals surface area contributed by atoms with Crippen molar-refractivity contribution in [1.82, 2.24) is 4.90 Å². The van der Waals surface area contributed by atoms with Crippen LogP contribution >= 0.6 is 0 Å². The van der Waals surface area contributed by atoms with E-state index in [1.165, 1.54) is 0 Å². The lowest BCUT2D eigenvalue weighted by molar-refractivity contribution is -0.139. The van der Waals surface area contributed by atoms with E-state index in [0.717, 1.165) is 37.1 Å². The zero-order valence-electron chi connectivity index (χ0n) is 14.1. The zero-order chi connectivity index (χ0) is 16.4. The van der Waals surface area contributed by atoms with E-state index in [1.54, 1.807) is 7.11 Å². The Balaban J connectivity index is 2.11. The number of carbonyl (C=O) groups excluding carboxylic acids is 1. The van der Waals surface area contributed by atoms with Crippen molar-refractivity contribution in [3.8, 4) is 0 Å². The summed E-state index contributed by atoms with van der Waals surface area (Å²) in [6, 6.07) is 9.89. The Hall–Kier alpha value is -1.97. The predicted octanol–water partition coefficient (Wildman–Crippen LogP) is 3.45. The van der Waals surface area contributed by atoms with E-state index in [0.29, 0.717) is 5.76 Å². The van der Waals surface area contributed by atoms with E-state index in [4.69, 9.17) is 9.47 Å². The molecule has 1 saturated heterocycles. The molecule has 2 heterocycles. The van der Waals surface area contributed by atoms with Crippen LogP contribution in [0.5, 0.6) is 0 Å². The molecule has 1 aromatic rings. The summed E-state index contributed by atoms with van der Waals surface area (Å²) in [6.45, 7) is 4.77. The summed E-state index contributed by atoms with van der Waals surface area (Å²) in [5.41, 5.74) is 0.965. The average molecular weight is 315 g/mol. The van der Waals surface area contributed by atoms with E-state index < -0.39 is 5.92 Å². The fourth-order valence-electron chi connectivity index (χ4n) is 3.61. The Bertz CT molecular complexity index is 594. The van der Waals surface area contributed by atoms with Crippen LogP contribution in [0.3, 0.4) is 0 Å². The van der Waals surface area contributed by atoms with Crippen LogP contribution in [-0.4, -0.2) is 36.6 Å². The molecule has 1 amide bonds. The number of nitrogens with zero attached hydrogens (tertiary/aromatic N) is 1. The molecule has 2 atom stereocenters. The van der Waals surface area contributed by atoms with Gasteiger partial charge in [-0.15, -0.1) is 0 Å². The third kappa shape index (κ3) is 2.94. The normalized spacial score (nSPS) is 24.7. The van der Waals surface area contributed by atoms with Crippen LogP contribution in [-0.2, 0) is 14.3 Å². The Labute approximate surface area is 138 Å². The Kier molecular flexibility index (Phi) is 4.60. The summed E-state index contributed by atoms with van der Waals surface area (Å²) >= 11 is 0. The molecule has 2 aliphatic heterocycles. The van der Waals surface area contributed by atoms with Crippen molar-refractivity contribution in [1.29, 1.82) is 0 Å². The lowest BCUT2D eigenvalue weighted by Crippen LogP contribution is -2.51. The third-order valence-corrected chi connectivity index (χ3v) is 4.56. The molecule has 2 unspecified atom stereocenters. The number of methoxy groups -OCH3 is 1. The maximum atomic E-state index is 13.2. The van der Waals surface area contributed by atoms with Crippen molar-refractivity contribution in [2.75, 3.05) is 13.7 Å². The highest BCUT2D eigenvalue weighted by Crippen LogP contribution is 2.40. The van der Waals surface area contributed by atoms with E-state index >= 15 is 0 Å². The maximum Gasteiger partial charge on any atom is 0.238 e. The quantitative estimate of drug-likeness (QED) is 0.854. The van der Waals surface area contributed by atoms with Crippen LogP contribution in [0.4, 0.5) is 0 Å². The molecule has 1 aromatic carbocycles. The third-order valence-electron chi connectivity index (χ3n) is 4.56. The Morgan fingerprint density at radius 2 is 1.87 bits per heavy atom. The summed E-state index contributed by atoms with van der Waals surface area (Å²) < 4.78 is 11.8. The fraction of sp³-hybridized carbons (Fsp3) is 0.526. The van der Waals surface area contributed by atoms with Crippen molar-refractivity contribution in [3.05, 3.63) is 47.4 Å². The van der Waals surface area contributed by atoms with Gasteiger partial charge in [-0.05, 0) is 38.7 Å². The van der Waals surface area contributed by atoms with E-state index in [2.05, 4.69) is 0 Å². The minimum atomic E-state index is -0.400. The van der Waals surface area contributed by atoms with Crippen LogP contribution in [0.15, 0.2) is 41.9 Å². The van der Waals surface area contributed by atoms with Gasteiger partial charge in [0.1, 0.15) is 5.92 Å². The summed E-state index contributed by atoms with van der Waals surface area (Å²) in [6.07, 6.45) is 3.12. The van der Waals surface area contributed by atoms with Gasteiger partial charge in [0.05, 0.1) is 19.3 Å². The number of hydrogen-bond donors (Lipinski definition) is 0. The van der Waals surface area contributed by atoms with Crippen LogP contribution in [0.25, 0.3) is 0 Å². The largest absolute Gasteiger partial charge is 0.495 e. The first kappa shape index (κ1) is 15.9. The van der Waals surface area contributed by atoms with Crippen LogP contribution < -0.4 is 0 Å². The lowest BCUT2D eigenvalue weighted by atomic mass is 9.86. The molecule has 4 heteroatoms. The van der Waals surface area contributed by atoms with Crippen molar-refractivity contribution in [3.63, 3.8) is 0 Å². The molecule has 0 aromatic heterocycles. The first-order chi connectivity index (χ1) is 11.1.